The van der Waals surface area contributed by atoms with Gasteiger partial charge in [-0.05, 0) is 76.8 Å². The summed E-state index contributed by atoms with van der Waals surface area (Å²) in [6.45, 7) is 0. The molecule has 0 amide bonds. The molecule has 7 aromatic rings. The molecule has 0 saturated carbocycles. The van der Waals surface area contributed by atoms with Crippen molar-refractivity contribution in [1.82, 2.24) is 0 Å². The van der Waals surface area contributed by atoms with Gasteiger partial charge in [0.2, 0.25) is 0 Å². The van der Waals surface area contributed by atoms with Crippen LogP contribution in [0.3, 0.4) is 0 Å². The quantitative estimate of drug-likeness (QED) is 0.183. The van der Waals surface area contributed by atoms with Crippen molar-refractivity contribution in [3.63, 3.8) is 0 Å². The molecule has 0 heterocycles. The van der Waals surface area contributed by atoms with Crippen molar-refractivity contribution >= 4 is 64.6 Å². The van der Waals surface area contributed by atoms with Crippen LogP contribution in [0.15, 0.2) is 109 Å². The highest BCUT2D eigenvalue weighted by atomic mass is 14.1. The van der Waals surface area contributed by atoms with Gasteiger partial charge in [0, 0.05) is 0 Å². The van der Waals surface area contributed by atoms with Gasteiger partial charge >= 0.3 is 0 Å². The third-order valence-electron chi connectivity index (χ3n) is 6.58. The van der Waals surface area contributed by atoms with E-state index < -0.39 is 0 Å². The number of hydrogen-bond acceptors (Lipinski definition) is 0. The second kappa shape index (κ2) is 5.81. The maximum absolute atomic E-state index is 2.35. The average molecular weight is 378 g/mol. The highest BCUT2D eigenvalue weighted by Gasteiger charge is 2.10. The van der Waals surface area contributed by atoms with Crippen LogP contribution in [-0.2, 0) is 0 Å². The molecule has 0 aromatic heterocycles. The molecule has 0 nitrogen and oxygen atoms in total. The Bertz CT molecular complexity index is 1790. The maximum atomic E-state index is 2.35. The molecule has 0 bridgehead atoms. The zero-order valence-corrected chi connectivity index (χ0v) is 16.4. The fourth-order valence-electron chi connectivity index (χ4n) is 5.15. The Hall–Kier alpha value is -3.90. The maximum Gasteiger partial charge on any atom is -0.00264 e. The van der Waals surface area contributed by atoms with Crippen LogP contribution in [0.2, 0.25) is 0 Å². The molecule has 0 heteroatoms. The summed E-state index contributed by atoms with van der Waals surface area (Å²) in [5.41, 5.74) is 0. The lowest BCUT2D eigenvalue weighted by atomic mass is 9.91. The summed E-state index contributed by atoms with van der Waals surface area (Å²) in [6, 6.07) is 40.2. The van der Waals surface area contributed by atoms with Gasteiger partial charge < -0.3 is 0 Å². The molecule has 0 fully saturated rings. The summed E-state index contributed by atoms with van der Waals surface area (Å²) in [4.78, 5) is 0. The van der Waals surface area contributed by atoms with E-state index in [1.807, 2.05) is 0 Å². The first-order valence-corrected chi connectivity index (χ1v) is 10.5. The lowest BCUT2D eigenvalue weighted by Gasteiger charge is -2.12. The molecule has 30 heavy (non-hydrogen) atoms. The first kappa shape index (κ1) is 16.0. The summed E-state index contributed by atoms with van der Waals surface area (Å²) in [7, 11) is 0. The Morgan fingerprint density at radius 2 is 0.800 bits per heavy atom. The largest absolute Gasteiger partial charge is 0.0616 e. The fraction of sp³-hybridized carbons (Fsp3) is 0. The Kier molecular flexibility index (Phi) is 3.09. The number of hydrogen-bond donors (Lipinski definition) is 0. The molecule has 138 valence electrons. The zero-order valence-electron chi connectivity index (χ0n) is 16.4. The van der Waals surface area contributed by atoms with E-state index in [0.29, 0.717) is 0 Å². The van der Waals surface area contributed by atoms with Crippen LogP contribution in [0.5, 0.6) is 0 Å². The van der Waals surface area contributed by atoms with E-state index in [1.54, 1.807) is 0 Å². The summed E-state index contributed by atoms with van der Waals surface area (Å²) >= 11 is 0. The Labute approximate surface area is 174 Å². The van der Waals surface area contributed by atoms with Gasteiger partial charge in [-0.25, -0.2) is 0 Å². The highest BCUT2D eigenvalue weighted by molar-refractivity contribution is 6.28. The molecule has 0 N–H and O–H groups in total. The van der Waals surface area contributed by atoms with E-state index >= 15 is 0 Å². The van der Waals surface area contributed by atoms with Gasteiger partial charge in [0.25, 0.3) is 0 Å². The second-order valence-corrected chi connectivity index (χ2v) is 8.19. The van der Waals surface area contributed by atoms with E-state index in [9.17, 15) is 0 Å². The van der Waals surface area contributed by atoms with Crippen molar-refractivity contribution in [2.45, 2.75) is 0 Å². The number of rotatable bonds is 0. The molecule has 0 saturated heterocycles. The van der Waals surface area contributed by atoms with Gasteiger partial charge in [0.15, 0.2) is 0 Å². The first-order chi connectivity index (χ1) is 14.9. The van der Waals surface area contributed by atoms with Crippen molar-refractivity contribution in [1.29, 1.82) is 0 Å². The standard InChI is InChI=1S/C30H18/c1-2-7-22-18-29-23(17-21(22)6-1)12-16-28-26(29)14-11-20-10-13-25-24-8-4-3-5-19(24)9-15-27(25)30(20)28/h1-18H. The van der Waals surface area contributed by atoms with Crippen LogP contribution >= 0.6 is 0 Å². The lowest BCUT2D eigenvalue weighted by Crippen LogP contribution is -1.85. The minimum atomic E-state index is 1.29. The third kappa shape index (κ3) is 2.11. The predicted octanol–water partition coefficient (Wildman–Crippen LogP) is 8.61. The molecule has 0 radical (unpaired) electrons. The molecule has 0 aliphatic heterocycles. The Balaban J connectivity index is 1.70. The minimum Gasteiger partial charge on any atom is -0.0616 e. The smallest absolute Gasteiger partial charge is 0.00264 e. The second-order valence-electron chi connectivity index (χ2n) is 8.19. The first-order valence-electron chi connectivity index (χ1n) is 10.5. The Morgan fingerprint density at radius 3 is 1.57 bits per heavy atom. The van der Waals surface area contributed by atoms with E-state index in [0.717, 1.165) is 0 Å². The normalized spacial score (nSPS) is 12.0. The lowest BCUT2D eigenvalue weighted by molar-refractivity contribution is 1.78. The van der Waals surface area contributed by atoms with Gasteiger partial charge in [0.1, 0.15) is 0 Å². The van der Waals surface area contributed by atoms with Gasteiger partial charge in [0.05, 0.1) is 0 Å². The van der Waals surface area contributed by atoms with Gasteiger partial charge in [-0.1, -0.05) is 97.1 Å². The molecule has 0 spiro atoms. The zero-order chi connectivity index (χ0) is 19.7. The van der Waals surface area contributed by atoms with Crippen LogP contribution in [0.4, 0.5) is 0 Å². The molecule has 7 aromatic carbocycles. The SMILES string of the molecule is c1ccc2cc3c(ccc4c3ccc3ccc5c6ccccc6ccc5c34)cc2c1. The predicted molar refractivity (Wildman–Crippen MR) is 131 cm³/mol. The van der Waals surface area contributed by atoms with Crippen LogP contribution in [0.25, 0.3) is 64.6 Å². The molecule has 0 atom stereocenters. The molecule has 0 aliphatic rings. The number of benzene rings is 7. The topological polar surface area (TPSA) is 0 Å². The molecule has 0 aliphatic carbocycles. The van der Waals surface area contributed by atoms with Crippen molar-refractivity contribution in [3.05, 3.63) is 109 Å². The van der Waals surface area contributed by atoms with E-state index in [2.05, 4.69) is 109 Å². The van der Waals surface area contributed by atoms with Crippen molar-refractivity contribution in [2.24, 2.45) is 0 Å². The van der Waals surface area contributed by atoms with E-state index in [4.69, 9.17) is 0 Å². The van der Waals surface area contributed by atoms with E-state index in [-0.39, 0.29) is 0 Å². The van der Waals surface area contributed by atoms with Gasteiger partial charge in [-0.2, -0.15) is 0 Å². The van der Waals surface area contributed by atoms with Crippen molar-refractivity contribution in [3.8, 4) is 0 Å². The van der Waals surface area contributed by atoms with Crippen LogP contribution in [0, 0.1) is 0 Å². The highest BCUT2D eigenvalue weighted by Crippen LogP contribution is 2.38. The molecule has 7 rings (SSSR count). The average Bonchev–Trinajstić information content (AvgIpc) is 2.81. The van der Waals surface area contributed by atoms with Crippen LogP contribution < -0.4 is 0 Å². The van der Waals surface area contributed by atoms with Gasteiger partial charge in [-0.15, -0.1) is 0 Å². The summed E-state index contributed by atoms with van der Waals surface area (Å²) in [5.74, 6) is 0. The Morgan fingerprint density at radius 1 is 0.267 bits per heavy atom. The molecular weight excluding hydrogens is 360 g/mol. The molecular formula is C30H18. The number of fused-ring (bicyclic) bond motifs is 10. The summed E-state index contributed by atoms with van der Waals surface area (Å²) < 4.78 is 0. The minimum absolute atomic E-state index is 1.29. The summed E-state index contributed by atoms with van der Waals surface area (Å²) in [6.07, 6.45) is 0. The third-order valence-corrected chi connectivity index (χ3v) is 6.58. The van der Waals surface area contributed by atoms with Gasteiger partial charge in [-0.3, -0.25) is 0 Å². The summed E-state index contributed by atoms with van der Waals surface area (Å²) in [5, 5.41) is 15.8. The van der Waals surface area contributed by atoms with Crippen LogP contribution in [0.1, 0.15) is 0 Å². The molecule has 0 unspecified atom stereocenters. The van der Waals surface area contributed by atoms with E-state index in [1.165, 1.54) is 64.6 Å². The fourth-order valence-corrected chi connectivity index (χ4v) is 5.15. The van der Waals surface area contributed by atoms with Crippen molar-refractivity contribution < 1.29 is 0 Å². The van der Waals surface area contributed by atoms with Crippen molar-refractivity contribution in [2.75, 3.05) is 0 Å². The van der Waals surface area contributed by atoms with Crippen LogP contribution in [-0.4, -0.2) is 0 Å². The monoisotopic (exact) mass is 378 g/mol.